The van der Waals surface area contributed by atoms with Gasteiger partial charge in [0.2, 0.25) is 0 Å². The Bertz CT molecular complexity index is 1590. The summed E-state index contributed by atoms with van der Waals surface area (Å²) in [5.41, 5.74) is 15.1. The van der Waals surface area contributed by atoms with Crippen LogP contribution in [-0.4, -0.2) is 29.7 Å². The van der Waals surface area contributed by atoms with E-state index >= 15 is 0 Å². The van der Waals surface area contributed by atoms with Gasteiger partial charge in [0.15, 0.2) is 5.65 Å². The van der Waals surface area contributed by atoms with Gasteiger partial charge in [-0.1, -0.05) is 6.08 Å². The SMILES string of the molecule is Cc1ccc(C2=CC=C(N)Cc3[nH]c(-c4[nH]nc5ncc(-c6cnc(C)n6C)cc45)cc32)s1. The molecule has 5 aromatic rings. The number of aryl methyl sites for hydroxylation is 2. The second kappa shape index (κ2) is 7.31. The van der Waals surface area contributed by atoms with E-state index in [9.17, 15) is 0 Å². The predicted molar refractivity (Wildman–Crippen MR) is 133 cm³/mol. The van der Waals surface area contributed by atoms with Crippen molar-refractivity contribution >= 4 is 27.9 Å². The highest BCUT2D eigenvalue weighted by Gasteiger charge is 2.21. The first kappa shape index (κ1) is 19.8. The first-order valence-electron chi connectivity index (χ1n) is 10.8. The van der Waals surface area contributed by atoms with E-state index < -0.39 is 0 Å². The molecule has 0 saturated heterocycles. The number of allylic oxidation sites excluding steroid dienone is 3. The molecule has 0 aliphatic heterocycles. The highest BCUT2D eigenvalue weighted by molar-refractivity contribution is 7.13. The number of nitrogens with zero attached hydrogens (tertiary/aromatic N) is 4. The fraction of sp³-hybridized carbons (Fsp3) is 0.160. The van der Waals surface area contributed by atoms with E-state index in [-0.39, 0.29) is 0 Å². The molecule has 1 aliphatic rings. The summed E-state index contributed by atoms with van der Waals surface area (Å²) in [6.07, 6.45) is 8.53. The molecule has 0 spiro atoms. The van der Waals surface area contributed by atoms with Crippen LogP contribution < -0.4 is 5.73 Å². The molecule has 7 nitrogen and oxygen atoms in total. The number of nitrogens with one attached hydrogen (secondary N) is 2. The molecule has 6 rings (SSSR count). The van der Waals surface area contributed by atoms with Gasteiger partial charge in [-0.15, -0.1) is 11.3 Å². The van der Waals surface area contributed by atoms with Gasteiger partial charge in [0, 0.05) is 62.9 Å². The topological polar surface area (TPSA) is 101 Å². The Kier molecular flexibility index (Phi) is 4.38. The third-order valence-corrected chi connectivity index (χ3v) is 7.27. The van der Waals surface area contributed by atoms with Crippen LogP contribution in [0, 0.1) is 13.8 Å². The van der Waals surface area contributed by atoms with E-state index in [2.05, 4.69) is 67.0 Å². The van der Waals surface area contributed by atoms with E-state index in [0.29, 0.717) is 12.1 Å². The van der Waals surface area contributed by atoms with Crippen molar-refractivity contribution in [3.8, 4) is 22.6 Å². The standard InChI is InChI=1S/C25H23N7S/c1-13-4-7-23(33-13)17-6-5-16(26)9-20-18(17)10-21(29-20)24-19-8-15(11-28-25(19)31-30-24)22-12-27-14(2)32(22)3/h4-8,10-12,29H,9,26H2,1-3H3,(H,28,30,31). The number of aromatic amines is 2. The van der Waals surface area contributed by atoms with Crippen LogP contribution >= 0.6 is 11.3 Å². The highest BCUT2D eigenvalue weighted by Crippen LogP contribution is 2.37. The lowest BCUT2D eigenvalue weighted by Gasteiger charge is -2.04. The van der Waals surface area contributed by atoms with E-state index in [1.165, 1.54) is 15.3 Å². The zero-order valence-corrected chi connectivity index (χ0v) is 19.4. The smallest absolute Gasteiger partial charge is 0.181 e. The minimum Gasteiger partial charge on any atom is -0.402 e. The van der Waals surface area contributed by atoms with Gasteiger partial charge in [-0.2, -0.15) is 5.10 Å². The second-order valence-electron chi connectivity index (χ2n) is 8.43. The molecule has 0 bridgehead atoms. The maximum Gasteiger partial charge on any atom is 0.181 e. The molecule has 0 saturated carbocycles. The minimum atomic E-state index is 0.670. The third kappa shape index (κ3) is 3.22. The molecule has 0 aromatic carbocycles. The van der Waals surface area contributed by atoms with Crippen LogP contribution in [0.5, 0.6) is 0 Å². The average molecular weight is 454 g/mol. The number of H-pyrrole nitrogens is 2. The number of nitrogens with two attached hydrogens (primary N) is 1. The van der Waals surface area contributed by atoms with Gasteiger partial charge < -0.3 is 15.3 Å². The number of pyridine rings is 1. The van der Waals surface area contributed by atoms with Crippen molar-refractivity contribution < 1.29 is 0 Å². The lowest BCUT2D eigenvalue weighted by Crippen LogP contribution is -2.01. The summed E-state index contributed by atoms with van der Waals surface area (Å²) < 4.78 is 2.06. The van der Waals surface area contributed by atoms with Crippen molar-refractivity contribution in [1.29, 1.82) is 0 Å². The summed E-state index contributed by atoms with van der Waals surface area (Å²) in [7, 11) is 2.01. The number of aromatic nitrogens is 6. The summed E-state index contributed by atoms with van der Waals surface area (Å²) in [5, 5.41) is 8.61. The van der Waals surface area contributed by atoms with Crippen molar-refractivity contribution in [2.75, 3.05) is 0 Å². The highest BCUT2D eigenvalue weighted by atomic mass is 32.1. The lowest BCUT2D eigenvalue weighted by molar-refractivity contribution is 0.865. The fourth-order valence-electron chi connectivity index (χ4n) is 4.36. The first-order valence-corrected chi connectivity index (χ1v) is 11.6. The van der Waals surface area contributed by atoms with Crippen LogP contribution in [0.1, 0.15) is 26.8 Å². The van der Waals surface area contributed by atoms with Crippen LogP contribution in [0.15, 0.2) is 54.5 Å². The Labute approximate surface area is 194 Å². The number of hydrogen-bond donors (Lipinski definition) is 3. The maximum absolute atomic E-state index is 6.28. The molecule has 4 N–H and O–H groups in total. The second-order valence-corrected chi connectivity index (χ2v) is 9.72. The molecule has 0 fully saturated rings. The van der Waals surface area contributed by atoms with Crippen molar-refractivity contribution in [3.63, 3.8) is 0 Å². The van der Waals surface area contributed by atoms with Crippen LogP contribution in [0.4, 0.5) is 0 Å². The Hall–Kier alpha value is -3.91. The molecule has 33 heavy (non-hydrogen) atoms. The van der Waals surface area contributed by atoms with Crippen LogP contribution in [0.25, 0.3) is 39.3 Å². The van der Waals surface area contributed by atoms with Crippen molar-refractivity contribution in [3.05, 3.63) is 81.3 Å². The largest absolute Gasteiger partial charge is 0.402 e. The zero-order chi connectivity index (χ0) is 22.7. The van der Waals surface area contributed by atoms with E-state index in [1.54, 1.807) is 11.3 Å². The molecule has 5 heterocycles. The van der Waals surface area contributed by atoms with Gasteiger partial charge in [0.25, 0.3) is 0 Å². The molecule has 8 heteroatoms. The van der Waals surface area contributed by atoms with E-state index in [0.717, 1.165) is 50.8 Å². The number of fused-ring (bicyclic) bond motifs is 2. The molecular weight excluding hydrogens is 430 g/mol. The molecule has 164 valence electrons. The molecule has 0 unspecified atom stereocenters. The normalized spacial score (nSPS) is 13.7. The summed E-state index contributed by atoms with van der Waals surface area (Å²) in [6.45, 7) is 4.12. The van der Waals surface area contributed by atoms with Crippen molar-refractivity contribution in [2.45, 2.75) is 20.3 Å². The predicted octanol–water partition coefficient (Wildman–Crippen LogP) is 4.86. The van der Waals surface area contributed by atoms with Crippen LogP contribution in [0.3, 0.4) is 0 Å². The van der Waals surface area contributed by atoms with Crippen molar-refractivity contribution in [2.24, 2.45) is 12.8 Å². The van der Waals surface area contributed by atoms with E-state index in [4.69, 9.17) is 5.73 Å². The molecule has 0 radical (unpaired) electrons. The lowest BCUT2D eigenvalue weighted by atomic mass is 10.0. The molecule has 5 aromatic heterocycles. The number of thiophene rings is 1. The minimum absolute atomic E-state index is 0.670. The third-order valence-electron chi connectivity index (χ3n) is 6.24. The average Bonchev–Trinajstić information content (AvgIpc) is 3.56. The van der Waals surface area contributed by atoms with Crippen LogP contribution in [0.2, 0.25) is 0 Å². The molecule has 1 aliphatic carbocycles. The number of rotatable bonds is 3. The Balaban J connectivity index is 1.49. The van der Waals surface area contributed by atoms with Crippen molar-refractivity contribution in [1.82, 2.24) is 29.7 Å². The number of hydrogen-bond acceptors (Lipinski definition) is 5. The summed E-state index contributed by atoms with van der Waals surface area (Å²) in [6, 6.07) is 8.64. The summed E-state index contributed by atoms with van der Waals surface area (Å²) in [5.74, 6) is 0.958. The molecule has 0 atom stereocenters. The van der Waals surface area contributed by atoms with Crippen LogP contribution in [-0.2, 0) is 13.5 Å². The summed E-state index contributed by atoms with van der Waals surface area (Å²) in [4.78, 5) is 15.1. The molecular formula is C25H23N7S. The Morgan fingerprint density at radius 3 is 2.73 bits per heavy atom. The zero-order valence-electron chi connectivity index (χ0n) is 18.6. The van der Waals surface area contributed by atoms with Gasteiger partial charge >= 0.3 is 0 Å². The van der Waals surface area contributed by atoms with Gasteiger partial charge in [0.05, 0.1) is 23.3 Å². The van der Waals surface area contributed by atoms with Gasteiger partial charge in [-0.25, -0.2) is 9.97 Å². The van der Waals surface area contributed by atoms with Gasteiger partial charge in [-0.05, 0) is 44.2 Å². The monoisotopic (exact) mass is 453 g/mol. The van der Waals surface area contributed by atoms with Gasteiger partial charge in [0.1, 0.15) is 5.82 Å². The number of imidazole rings is 1. The Morgan fingerprint density at radius 2 is 1.97 bits per heavy atom. The van der Waals surface area contributed by atoms with Gasteiger partial charge in [-0.3, -0.25) is 5.10 Å². The maximum atomic E-state index is 6.28. The van der Waals surface area contributed by atoms with E-state index in [1.807, 2.05) is 32.4 Å². The first-order chi connectivity index (χ1) is 16.0. The quantitative estimate of drug-likeness (QED) is 0.363. The fourth-order valence-corrected chi connectivity index (χ4v) is 5.27. The summed E-state index contributed by atoms with van der Waals surface area (Å²) >= 11 is 1.79. The Morgan fingerprint density at radius 1 is 1.09 bits per heavy atom. The molecule has 0 amide bonds.